The summed E-state index contributed by atoms with van der Waals surface area (Å²) in [6.45, 7) is 6.21. The number of fused-ring (bicyclic) bond motifs is 2. The molecule has 1 aromatic carbocycles. The van der Waals surface area contributed by atoms with Gasteiger partial charge in [-0.1, -0.05) is 29.8 Å². The van der Waals surface area contributed by atoms with Crippen LogP contribution in [0, 0.1) is 0 Å². The van der Waals surface area contributed by atoms with Crippen molar-refractivity contribution in [3.8, 4) is 17.2 Å². The Balaban J connectivity index is 1.39. The number of morpholine rings is 1. The van der Waals surface area contributed by atoms with Crippen molar-refractivity contribution in [1.82, 2.24) is 29.5 Å². The van der Waals surface area contributed by atoms with Crippen LogP contribution in [-0.4, -0.2) is 68.0 Å². The van der Waals surface area contributed by atoms with Crippen LogP contribution in [0.15, 0.2) is 47.4 Å². The normalized spacial score (nSPS) is 19.7. The Labute approximate surface area is 215 Å². The highest BCUT2D eigenvalue weighted by molar-refractivity contribution is 6.30. The Morgan fingerprint density at radius 3 is 2.64 bits per heavy atom. The highest BCUT2D eigenvalue weighted by Gasteiger charge is 2.36. The molecule has 2 atom stereocenters. The zero-order valence-corrected chi connectivity index (χ0v) is 21.3. The van der Waals surface area contributed by atoms with Crippen LogP contribution in [0.2, 0.25) is 5.02 Å². The first-order chi connectivity index (χ1) is 17.4. The first-order valence-electron chi connectivity index (χ1n) is 12.4. The molecule has 0 radical (unpaired) electrons. The maximum Gasteiger partial charge on any atom is 0.352 e. The predicted octanol–water partition coefficient (Wildman–Crippen LogP) is 2.68. The summed E-state index contributed by atoms with van der Waals surface area (Å²) in [7, 11) is 0. The number of nitrogens with zero attached hydrogens (tertiary/aromatic N) is 5. The molecule has 1 N–H and O–H groups in total. The molecule has 0 aliphatic carbocycles. The third-order valence-electron chi connectivity index (χ3n) is 6.77. The van der Waals surface area contributed by atoms with Crippen molar-refractivity contribution in [1.29, 1.82) is 0 Å². The lowest BCUT2D eigenvalue weighted by atomic mass is 10.1. The van der Waals surface area contributed by atoms with Gasteiger partial charge in [0, 0.05) is 41.5 Å². The minimum Gasteiger partial charge on any atom is -0.378 e. The van der Waals surface area contributed by atoms with Crippen molar-refractivity contribution in [2.45, 2.75) is 57.8 Å². The molecule has 0 spiro atoms. The van der Waals surface area contributed by atoms with Gasteiger partial charge in [-0.05, 0) is 56.9 Å². The van der Waals surface area contributed by atoms with Gasteiger partial charge in [-0.25, -0.2) is 9.78 Å². The van der Waals surface area contributed by atoms with Crippen molar-refractivity contribution in [3.63, 3.8) is 0 Å². The highest BCUT2D eigenvalue weighted by Crippen LogP contribution is 2.28. The second-order valence-corrected chi connectivity index (χ2v) is 10.2. The van der Waals surface area contributed by atoms with Crippen LogP contribution >= 0.6 is 11.6 Å². The molecule has 2 fully saturated rings. The molecule has 2 aromatic heterocycles. The summed E-state index contributed by atoms with van der Waals surface area (Å²) in [4.78, 5) is 33.0. The standard InChI is InChI=1S/C26H31ClN6O3/c1-17(2)29-24(34)14-32-25(19-4-3-5-20(27)12-19)30-33(26(32)35)23-9-6-18(13-28-23)10-11-31-21-7-8-22(31)16-36-15-21/h3-6,9,12-13,17,21-22H,7-8,10-11,14-16H2,1-2H3,(H,29,34). The van der Waals surface area contributed by atoms with E-state index in [1.165, 1.54) is 22.1 Å². The quantitative estimate of drug-likeness (QED) is 0.500. The maximum absolute atomic E-state index is 13.4. The molecule has 3 aromatic rings. The van der Waals surface area contributed by atoms with Gasteiger partial charge in [0.1, 0.15) is 6.54 Å². The van der Waals surface area contributed by atoms with Crippen LogP contribution < -0.4 is 11.0 Å². The van der Waals surface area contributed by atoms with E-state index in [0.29, 0.717) is 34.3 Å². The number of aromatic nitrogens is 4. The van der Waals surface area contributed by atoms with E-state index in [0.717, 1.165) is 31.7 Å². The van der Waals surface area contributed by atoms with Crippen molar-refractivity contribution in [2.24, 2.45) is 0 Å². The van der Waals surface area contributed by atoms with E-state index in [2.05, 4.69) is 20.3 Å². The third-order valence-corrected chi connectivity index (χ3v) is 7.01. The fourth-order valence-corrected chi connectivity index (χ4v) is 5.26. The molecule has 2 aliphatic rings. The van der Waals surface area contributed by atoms with Gasteiger partial charge in [-0.15, -0.1) is 5.10 Å². The Bertz CT molecular complexity index is 1270. The van der Waals surface area contributed by atoms with E-state index in [4.69, 9.17) is 16.3 Å². The van der Waals surface area contributed by atoms with Gasteiger partial charge < -0.3 is 10.1 Å². The van der Waals surface area contributed by atoms with Gasteiger partial charge in [0.05, 0.1) is 13.2 Å². The number of carbonyl (C=O) groups excluding carboxylic acids is 1. The van der Waals surface area contributed by atoms with Gasteiger partial charge in [-0.3, -0.25) is 14.3 Å². The average molecular weight is 511 g/mol. The smallest absolute Gasteiger partial charge is 0.352 e. The molecule has 0 saturated carbocycles. The zero-order chi connectivity index (χ0) is 25.2. The molecule has 190 valence electrons. The predicted molar refractivity (Wildman–Crippen MR) is 137 cm³/mol. The monoisotopic (exact) mass is 510 g/mol. The van der Waals surface area contributed by atoms with Crippen LogP contribution in [0.4, 0.5) is 0 Å². The van der Waals surface area contributed by atoms with Crippen molar-refractivity contribution in [3.05, 3.63) is 63.7 Å². The van der Waals surface area contributed by atoms with Crippen LogP contribution in [-0.2, 0) is 22.5 Å². The van der Waals surface area contributed by atoms with Gasteiger partial charge in [-0.2, -0.15) is 4.68 Å². The van der Waals surface area contributed by atoms with Crippen molar-refractivity contribution >= 4 is 17.5 Å². The fraction of sp³-hybridized carbons (Fsp3) is 0.462. The summed E-state index contributed by atoms with van der Waals surface area (Å²) in [6, 6.07) is 11.9. The highest BCUT2D eigenvalue weighted by atomic mass is 35.5. The van der Waals surface area contributed by atoms with Gasteiger partial charge in [0.15, 0.2) is 11.6 Å². The Morgan fingerprint density at radius 2 is 1.97 bits per heavy atom. The Kier molecular flexibility index (Phi) is 7.22. The molecule has 2 aliphatic heterocycles. The molecule has 10 heteroatoms. The average Bonchev–Trinajstić information content (AvgIpc) is 3.27. The maximum atomic E-state index is 13.4. The number of amides is 1. The zero-order valence-electron chi connectivity index (χ0n) is 20.6. The van der Waals surface area contributed by atoms with Crippen LogP contribution in [0.5, 0.6) is 0 Å². The first-order valence-corrected chi connectivity index (χ1v) is 12.8. The van der Waals surface area contributed by atoms with Gasteiger partial charge in [0.25, 0.3) is 0 Å². The molecule has 4 heterocycles. The lowest BCUT2D eigenvalue weighted by Gasteiger charge is -2.34. The number of halogens is 1. The first kappa shape index (κ1) is 24.7. The largest absolute Gasteiger partial charge is 0.378 e. The van der Waals surface area contributed by atoms with E-state index < -0.39 is 5.69 Å². The Morgan fingerprint density at radius 1 is 1.19 bits per heavy atom. The van der Waals surface area contributed by atoms with Gasteiger partial charge in [0.2, 0.25) is 5.91 Å². The minimum atomic E-state index is -0.436. The van der Waals surface area contributed by atoms with Gasteiger partial charge >= 0.3 is 5.69 Å². The number of benzene rings is 1. The molecule has 9 nitrogen and oxygen atoms in total. The summed E-state index contributed by atoms with van der Waals surface area (Å²) >= 11 is 6.19. The summed E-state index contributed by atoms with van der Waals surface area (Å²) in [5.74, 6) is 0.492. The lowest BCUT2D eigenvalue weighted by molar-refractivity contribution is -0.122. The van der Waals surface area contributed by atoms with Crippen LogP contribution in [0.25, 0.3) is 17.2 Å². The molecular formula is C26H31ClN6O3. The molecule has 36 heavy (non-hydrogen) atoms. The topological polar surface area (TPSA) is 94.3 Å². The van der Waals surface area contributed by atoms with E-state index >= 15 is 0 Å². The number of pyridine rings is 1. The number of hydrogen-bond donors (Lipinski definition) is 1. The third kappa shape index (κ3) is 5.23. The van der Waals surface area contributed by atoms with E-state index in [9.17, 15) is 9.59 Å². The summed E-state index contributed by atoms with van der Waals surface area (Å²) < 4.78 is 8.28. The second-order valence-electron chi connectivity index (χ2n) is 9.77. The number of carbonyl (C=O) groups is 1. The summed E-state index contributed by atoms with van der Waals surface area (Å²) in [5, 5.41) is 7.89. The molecule has 1 amide bonds. The van der Waals surface area contributed by atoms with E-state index in [1.807, 2.05) is 26.0 Å². The second kappa shape index (κ2) is 10.5. The fourth-order valence-electron chi connectivity index (χ4n) is 5.07. The van der Waals surface area contributed by atoms with Crippen molar-refractivity contribution < 1.29 is 9.53 Å². The molecular weight excluding hydrogens is 480 g/mol. The Hall–Kier alpha value is -3.01. The number of hydrogen-bond acceptors (Lipinski definition) is 6. The molecule has 2 bridgehead atoms. The SMILES string of the molecule is CC(C)NC(=O)Cn1c(-c2cccc(Cl)c2)nn(-c2ccc(CCN3C4CCC3COC4)cn2)c1=O. The minimum absolute atomic E-state index is 0.0419. The summed E-state index contributed by atoms with van der Waals surface area (Å²) in [5.41, 5.74) is 1.31. The van der Waals surface area contributed by atoms with Crippen molar-refractivity contribution in [2.75, 3.05) is 19.8 Å². The van der Waals surface area contributed by atoms with Crippen LogP contribution in [0.1, 0.15) is 32.3 Å². The van der Waals surface area contributed by atoms with Crippen LogP contribution in [0.3, 0.4) is 0 Å². The summed E-state index contributed by atoms with van der Waals surface area (Å²) in [6.07, 6.45) is 5.09. The molecule has 5 rings (SSSR count). The molecule has 2 unspecified atom stereocenters. The number of rotatable bonds is 8. The molecule has 2 saturated heterocycles. The van der Waals surface area contributed by atoms with E-state index in [-0.39, 0.29) is 18.5 Å². The number of nitrogens with one attached hydrogen (secondary N) is 1. The van der Waals surface area contributed by atoms with E-state index in [1.54, 1.807) is 30.5 Å². The lowest BCUT2D eigenvalue weighted by Crippen LogP contribution is -2.46. The number of ether oxygens (including phenoxy) is 1.